The predicted octanol–water partition coefficient (Wildman–Crippen LogP) is 1.76. The van der Waals surface area contributed by atoms with E-state index >= 15 is 0 Å². The third-order valence-corrected chi connectivity index (χ3v) is 5.94. The highest BCUT2D eigenvalue weighted by molar-refractivity contribution is 7.80. The molecule has 23 heavy (non-hydrogen) atoms. The first-order chi connectivity index (χ1) is 11.1. The summed E-state index contributed by atoms with van der Waals surface area (Å²) >= 11 is 5.27. The van der Waals surface area contributed by atoms with E-state index in [-0.39, 0.29) is 0 Å². The van der Waals surface area contributed by atoms with Crippen molar-refractivity contribution in [3.63, 3.8) is 0 Å². The van der Waals surface area contributed by atoms with Gasteiger partial charge in [-0.25, -0.2) is 0 Å². The van der Waals surface area contributed by atoms with Gasteiger partial charge in [-0.3, -0.25) is 10.3 Å². The van der Waals surface area contributed by atoms with E-state index in [9.17, 15) is 0 Å². The van der Waals surface area contributed by atoms with Crippen LogP contribution in [0.4, 0.5) is 0 Å². The summed E-state index contributed by atoms with van der Waals surface area (Å²) < 4.78 is 5.34. The summed E-state index contributed by atoms with van der Waals surface area (Å²) in [4.78, 5) is 2.38. The van der Waals surface area contributed by atoms with Gasteiger partial charge in [0.05, 0.1) is 19.4 Å². The Morgan fingerprint density at radius 2 is 2.26 bits per heavy atom. The first kappa shape index (κ1) is 16.9. The molecule has 5 nitrogen and oxygen atoms in total. The maximum atomic E-state index is 5.34. The molecule has 0 amide bonds. The number of fused-ring (bicyclic) bond motifs is 1. The Bertz CT molecular complexity index is 497. The molecule has 2 bridgehead atoms. The highest BCUT2D eigenvalue weighted by Gasteiger charge is 2.50. The Kier molecular flexibility index (Phi) is 5.34. The van der Waals surface area contributed by atoms with Crippen LogP contribution in [0.3, 0.4) is 0 Å². The molecule has 0 aromatic rings. The van der Waals surface area contributed by atoms with Gasteiger partial charge in [-0.2, -0.15) is 5.10 Å². The highest BCUT2D eigenvalue weighted by Crippen LogP contribution is 2.58. The first-order valence-corrected chi connectivity index (χ1v) is 9.05. The lowest BCUT2D eigenvalue weighted by atomic mass is 9.49. The van der Waals surface area contributed by atoms with E-state index in [1.165, 1.54) is 18.4 Å². The van der Waals surface area contributed by atoms with Crippen LogP contribution in [0.2, 0.25) is 0 Å². The topological polar surface area (TPSA) is 48.9 Å². The van der Waals surface area contributed by atoms with Crippen molar-refractivity contribution in [3.8, 4) is 0 Å². The molecular weight excluding hydrogens is 308 g/mol. The SMILES string of the molecule is CC1(C)C2CC=C(/C=N/NC(=S)NCCN3CCOCC3)C1C2. The molecule has 6 heteroatoms. The molecule has 0 radical (unpaired) electrons. The summed E-state index contributed by atoms with van der Waals surface area (Å²) in [5.74, 6) is 1.52. The lowest BCUT2D eigenvalue weighted by molar-refractivity contribution is -0.00126. The Hall–Kier alpha value is -0.980. The van der Waals surface area contributed by atoms with Crippen molar-refractivity contribution in [1.29, 1.82) is 0 Å². The minimum absolute atomic E-state index is 0.438. The van der Waals surface area contributed by atoms with Crippen molar-refractivity contribution in [2.75, 3.05) is 39.4 Å². The molecule has 2 atom stereocenters. The van der Waals surface area contributed by atoms with E-state index in [1.54, 1.807) is 0 Å². The van der Waals surface area contributed by atoms with E-state index in [0.717, 1.165) is 45.3 Å². The van der Waals surface area contributed by atoms with Crippen molar-refractivity contribution in [2.45, 2.75) is 26.7 Å². The van der Waals surface area contributed by atoms with Crippen LogP contribution in [0.1, 0.15) is 26.7 Å². The summed E-state index contributed by atoms with van der Waals surface area (Å²) in [6.45, 7) is 10.2. The molecule has 0 aromatic heterocycles. The number of thiocarbonyl (C=S) groups is 1. The molecule has 1 heterocycles. The molecule has 1 saturated heterocycles. The first-order valence-electron chi connectivity index (χ1n) is 8.64. The molecule has 4 rings (SSSR count). The van der Waals surface area contributed by atoms with Crippen LogP contribution < -0.4 is 10.7 Å². The Morgan fingerprint density at radius 3 is 2.96 bits per heavy atom. The molecule has 0 aromatic carbocycles. The normalized spacial score (nSPS) is 29.7. The summed E-state index contributed by atoms with van der Waals surface area (Å²) in [6, 6.07) is 0. The fourth-order valence-electron chi connectivity index (χ4n) is 3.90. The predicted molar refractivity (Wildman–Crippen MR) is 97.6 cm³/mol. The smallest absolute Gasteiger partial charge is 0.187 e. The third kappa shape index (κ3) is 3.92. The molecule has 3 aliphatic carbocycles. The van der Waals surface area contributed by atoms with Crippen LogP contribution in [0.15, 0.2) is 16.8 Å². The molecule has 2 unspecified atom stereocenters. The molecule has 4 aliphatic rings. The van der Waals surface area contributed by atoms with Gasteiger partial charge < -0.3 is 10.1 Å². The van der Waals surface area contributed by atoms with E-state index < -0.39 is 0 Å². The fourth-order valence-corrected chi connectivity index (χ4v) is 4.06. The zero-order valence-electron chi connectivity index (χ0n) is 14.2. The van der Waals surface area contributed by atoms with Crippen LogP contribution in [-0.2, 0) is 4.74 Å². The molecule has 1 aliphatic heterocycles. The summed E-state index contributed by atoms with van der Waals surface area (Å²) in [5, 5.41) is 8.12. The molecule has 128 valence electrons. The summed E-state index contributed by atoms with van der Waals surface area (Å²) in [7, 11) is 0. The lowest BCUT2D eigenvalue weighted by Crippen LogP contribution is -2.48. The van der Waals surface area contributed by atoms with Gasteiger partial charge in [-0.05, 0) is 47.9 Å². The largest absolute Gasteiger partial charge is 0.379 e. The van der Waals surface area contributed by atoms with Crippen molar-refractivity contribution < 1.29 is 4.74 Å². The maximum absolute atomic E-state index is 5.34. The Morgan fingerprint density at radius 1 is 1.48 bits per heavy atom. The van der Waals surface area contributed by atoms with Gasteiger partial charge in [-0.1, -0.05) is 19.9 Å². The second-order valence-electron chi connectivity index (χ2n) is 7.33. The van der Waals surface area contributed by atoms with Crippen molar-refractivity contribution in [3.05, 3.63) is 11.6 Å². The maximum Gasteiger partial charge on any atom is 0.187 e. The van der Waals surface area contributed by atoms with Crippen molar-refractivity contribution in [1.82, 2.24) is 15.6 Å². The number of hydrazone groups is 1. The van der Waals surface area contributed by atoms with Gasteiger partial charge in [0.15, 0.2) is 5.11 Å². The second kappa shape index (κ2) is 7.28. The number of rotatable bonds is 5. The Balaban J connectivity index is 1.35. The van der Waals surface area contributed by atoms with Crippen LogP contribution in [0.25, 0.3) is 0 Å². The number of ether oxygens (including phenoxy) is 1. The highest BCUT2D eigenvalue weighted by atomic mass is 32.1. The fraction of sp³-hybridized carbons (Fsp3) is 0.765. The average Bonchev–Trinajstić information content (AvgIpc) is 2.56. The van der Waals surface area contributed by atoms with Crippen LogP contribution in [0.5, 0.6) is 0 Å². The van der Waals surface area contributed by atoms with Crippen molar-refractivity contribution in [2.24, 2.45) is 22.4 Å². The Labute approximate surface area is 144 Å². The standard InChI is InChI=1S/C17H28N4OS/c1-17(2)14-4-3-13(15(17)11-14)12-19-20-16(23)18-5-6-21-7-9-22-10-8-21/h3,12,14-15H,4-11H2,1-2H3,(H2,18,20,23)/b19-12+. The van der Waals surface area contributed by atoms with E-state index in [1.807, 2.05) is 6.21 Å². The monoisotopic (exact) mass is 336 g/mol. The summed E-state index contributed by atoms with van der Waals surface area (Å²) in [5.41, 5.74) is 4.74. The van der Waals surface area contributed by atoms with Crippen LogP contribution in [0, 0.1) is 17.3 Å². The molecule has 0 spiro atoms. The number of hydrogen-bond acceptors (Lipinski definition) is 4. The zero-order chi connectivity index (χ0) is 16.3. The number of nitrogens with one attached hydrogen (secondary N) is 2. The average molecular weight is 337 g/mol. The van der Waals surface area contributed by atoms with Crippen LogP contribution >= 0.6 is 12.2 Å². The quantitative estimate of drug-likeness (QED) is 0.455. The van der Waals surface area contributed by atoms with E-state index in [4.69, 9.17) is 17.0 Å². The number of hydrogen-bond donors (Lipinski definition) is 2. The van der Waals surface area contributed by atoms with Gasteiger partial charge in [0.1, 0.15) is 0 Å². The molecule has 2 N–H and O–H groups in total. The van der Waals surface area contributed by atoms with Gasteiger partial charge in [0.2, 0.25) is 0 Å². The van der Waals surface area contributed by atoms with Gasteiger partial charge in [0, 0.05) is 26.2 Å². The third-order valence-electron chi connectivity index (χ3n) is 5.71. The number of morpholine rings is 1. The lowest BCUT2D eigenvalue weighted by Gasteiger charge is -2.55. The minimum Gasteiger partial charge on any atom is -0.379 e. The number of nitrogens with zero attached hydrogens (tertiary/aromatic N) is 2. The van der Waals surface area contributed by atoms with Gasteiger partial charge >= 0.3 is 0 Å². The second-order valence-corrected chi connectivity index (χ2v) is 7.73. The van der Waals surface area contributed by atoms with Gasteiger partial charge in [0.25, 0.3) is 0 Å². The van der Waals surface area contributed by atoms with E-state index in [2.05, 4.69) is 40.7 Å². The molecule has 2 fully saturated rings. The summed E-state index contributed by atoms with van der Waals surface area (Å²) in [6.07, 6.45) is 6.79. The zero-order valence-corrected chi connectivity index (χ0v) is 15.0. The van der Waals surface area contributed by atoms with E-state index in [0.29, 0.717) is 16.4 Å². The van der Waals surface area contributed by atoms with Crippen molar-refractivity contribution >= 4 is 23.5 Å². The number of allylic oxidation sites excluding steroid dienone is 2. The molecular formula is C17H28N4OS. The van der Waals surface area contributed by atoms with Crippen LogP contribution in [-0.4, -0.2) is 55.6 Å². The van der Waals surface area contributed by atoms with Gasteiger partial charge in [-0.15, -0.1) is 0 Å². The molecule has 1 saturated carbocycles. The minimum atomic E-state index is 0.438.